The van der Waals surface area contributed by atoms with E-state index < -0.39 is 0 Å². The molecular weight excluding hydrogens is 268 g/mol. The molecule has 5 heteroatoms. The molecule has 2 aliphatic rings. The molecule has 0 saturated carbocycles. The first-order chi connectivity index (χ1) is 10.3. The minimum atomic E-state index is 0.158. The molecule has 0 radical (unpaired) electrons. The first-order valence-electron chi connectivity index (χ1n) is 7.68. The van der Waals surface area contributed by atoms with Crippen molar-refractivity contribution in [2.24, 2.45) is 5.73 Å². The molecule has 1 saturated heterocycles. The van der Waals surface area contributed by atoms with Crippen LogP contribution in [0.15, 0.2) is 18.2 Å². The molecule has 0 aromatic heterocycles. The Morgan fingerprint density at radius 3 is 2.90 bits per heavy atom. The van der Waals surface area contributed by atoms with Crippen LogP contribution >= 0.6 is 0 Å². The molecule has 0 spiro atoms. The lowest BCUT2D eigenvalue weighted by atomic mass is 10.0. The van der Waals surface area contributed by atoms with E-state index in [0.717, 1.165) is 42.9 Å². The van der Waals surface area contributed by atoms with Gasteiger partial charge in [-0.15, -0.1) is 0 Å². The molecule has 1 fully saturated rings. The van der Waals surface area contributed by atoms with Crippen LogP contribution in [-0.4, -0.2) is 37.1 Å². The highest BCUT2D eigenvalue weighted by molar-refractivity contribution is 5.77. The summed E-state index contributed by atoms with van der Waals surface area (Å²) in [7, 11) is 0. The van der Waals surface area contributed by atoms with E-state index in [-0.39, 0.29) is 11.9 Å². The monoisotopic (exact) mass is 290 g/mol. The zero-order chi connectivity index (χ0) is 14.7. The van der Waals surface area contributed by atoms with Gasteiger partial charge in [0.1, 0.15) is 13.2 Å². The first-order valence-corrected chi connectivity index (χ1v) is 7.68. The largest absolute Gasteiger partial charge is 0.486 e. The number of carbonyl (C=O) groups excluding carboxylic acids is 1. The summed E-state index contributed by atoms with van der Waals surface area (Å²) in [6, 6.07) is 6.18. The predicted octanol–water partition coefficient (Wildman–Crippen LogP) is 1.86. The first kappa shape index (κ1) is 14.2. The molecule has 21 heavy (non-hydrogen) atoms. The molecule has 1 aromatic rings. The number of hydrogen-bond acceptors (Lipinski definition) is 4. The summed E-state index contributed by atoms with van der Waals surface area (Å²) in [6.45, 7) is 2.58. The number of fused-ring (bicyclic) bond motifs is 1. The van der Waals surface area contributed by atoms with Gasteiger partial charge in [-0.1, -0.05) is 6.07 Å². The van der Waals surface area contributed by atoms with E-state index in [0.29, 0.717) is 26.2 Å². The van der Waals surface area contributed by atoms with Gasteiger partial charge in [-0.3, -0.25) is 4.79 Å². The minimum absolute atomic E-state index is 0.158. The second kappa shape index (κ2) is 6.35. The van der Waals surface area contributed by atoms with Crippen molar-refractivity contribution < 1.29 is 14.3 Å². The van der Waals surface area contributed by atoms with Gasteiger partial charge < -0.3 is 20.1 Å². The maximum Gasteiger partial charge on any atom is 0.223 e. The number of carbonyl (C=O) groups is 1. The number of amides is 1. The van der Waals surface area contributed by atoms with Gasteiger partial charge in [-0.25, -0.2) is 0 Å². The Balaban J connectivity index is 1.77. The van der Waals surface area contributed by atoms with Crippen LogP contribution in [-0.2, 0) is 4.79 Å². The lowest BCUT2D eigenvalue weighted by Gasteiger charge is -2.26. The summed E-state index contributed by atoms with van der Waals surface area (Å²) in [5, 5.41) is 0. The third-order valence-electron chi connectivity index (χ3n) is 4.12. The zero-order valence-corrected chi connectivity index (χ0v) is 12.2. The molecule has 1 unspecified atom stereocenters. The second-order valence-electron chi connectivity index (χ2n) is 5.54. The normalized spacial score (nSPS) is 20.6. The Kier molecular flexibility index (Phi) is 4.29. The van der Waals surface area contributed by atoms with Gasteiger partial charge in [-0.2, -0.15) is 0 Å². The fourth-order valence-corrected chi connectivity index (χ4v) is 3.08. The van der Waals surface area contributed by atoms with Crippen LogP contribution in [0.3, 0.4) is 0 Å². The molecule has 5 nitrogen and oxygen atoms in total. The van der Waals surface area contributed by atoms with Gasteiger partial charge >= 0.3 is 0 Å². The molecule has 1 aromatic carbocycles. The Morgan fingerprint density at radius 2 is 2.10 bits per heavy atom. The van der Waals surface area contributed by atoms with Crippen molar-refractivity contribution in [3.05, 3.63) is 23.8 Å². The predicted molar refractivity (Wildman–Crippen MR) is 79.4 cm³/mol. The summed E-state index contributed by atoms with van der Waals surface area (Å²) in [6.07, 6.45) is 3.35. The molecule has 2 N–H and O–H groups in total. The topological polar surface area (TPSA) is 64.8 Å². The van der Waals surface area contributed by atoms with Crippen LogP contribution in [0.25, 0.3) is 0 Å². The van der Waals surface area contributed by atoms with E-state index in [1.165, 1.54) is 0 Å². The van der Waals surface area contributed by atoms with Crippen LogP contribution in [0.4, 0.5) is 0 Å². The van der Waals surface area contributed by atoms with Crippen molar-refractivity contribution in [2.75, 3.05) is 26.3 Å². The van der Waals surface area contributed by atoms with E-state index in [4.69, 9.17) is 15.2 Å². The van der Waals surface area contributed by atoms with Gasteiger partial charge in [0.05, 0.1) is 6.04 Å². The maximum atomic E-state index is 12.3. The summed E-state index contributed by atoms with van der Waals surface area (Å²) >= 11 is 0. The number of hydrogen-bond donors (Lipinski definition) is 1. The van der Waals surface area contributed by atoms with E-state index in [2.05, 4.69) is 0 Å². The highest BCUT2D eigenvalue weighted by Gasteiger charge is 2.30. The van der Waals surface area contributed by atoms with Crippen molar-refractivity contribution in [3.63, 3.8) is 0 Å². The number of rotatable bonds is 4. The van der Waals surface area contributed by atoms with Crippen LogP contribution < -0.4 is 15.2 Å². The number of likely N-dealkylation sites (tertiary alicyclic amines) is 1. The second-order valence-corrected chi connectivity index (χ2v) is 5.54. The number of ether oxygens (including phenoxy) is 2. The molecule has 2 heterocycles. The minimum Gasteiger partial charge on any atom is -0.486 e. The third-order valence-corrected chi connectivity index (χ3v) is 4.12. The van der Waals surface area contributed by atoms with Gasteiger partial charge in [-0.05, 0) is 43.5 Å². The van der Waals surface area contributed by atoms with E-state index in [1.54, 1.807) is 0 Å². The lowest BCUT2D eigenvalue weighted by Crippen LogP contribution is -2.30. The molecule has 114 valence electrons. The summed E-state index contributed by atoms with van der Waals surface area (Å²) < 4.78 is 11.2. The van der Waals surface area contributed by atoms with Gasteiger partial charge in [0, 0.05) is 13.0 Å². The summed E-state index contributed by atoms with van der Waals surface area (Å²) in [5.41, 5.74) is 6.63. The molecule has 0 bridgehead atoms. The highest BCUT2D eigenvalue weighted by atomic mass is 16.6. The fourth-order valence-electron chi connectivity index (χ4n) is 3.08. The van der Waals surface area contributed by atoms with Crippen molar-refractivity contribution >= 4 is 5.91 Å². The van der Waals surface area contributed by atoms with Crippen molar-refractivity contribution in [1.82, 2.24) is 4.90 Å². The van der Waals surface area contributed by atoms with Gasteiger partial charge in [0.2, 0.25) is 5.91 Å². The summed E-state index contributed by atoms with van der Waals surface area (Å²) in [4.78, 5) is 14.3. The standard InChI is InChI=1S/C16H22N2O3/c17-7-1-4-16(19)18-8-2-3-13(18)12-5-6-14-15(11-12)21-10-9-20-14/h5-6,11,13H,1-4,7-10,17H2. The summed E-state index contributed by atoms with van der Waals surface area (Å²) in [5.74, 6) is 1.79. The lowest BCUT2D eigenvalue weighted by molar-refractivity contribution is -0.132. The molecule has 1 atom stereocenters. The zero-order valence-electron chi connectivity index (χ0n) is 12.2. The Labute approximate surface area is 125 Å². The molecule has 3 rings (SSSR count). The van der Waals surface area contributed by atoms with Gasteiger partial charge in [0.15, 0.2) is 11.5 Å². The smallest absolute Gasteiger partial charge is 0.223 e. The average Bonchev–Trinajstić information content (AvgIpc) is 3.01. The third kappa shape index (κ3) is 2.97. The van der Waals surface area contributed by atoms with Crippen LogP contribution in [0.5, 0.6) is 11.5 Å². The Bertz CT molecular complexity index is 518. The van der Waals surface area contributed by atoms with E-state index in [1.807, 2.05) is 23.1 Å². The number of nitrogens with zero attached hydrogens (tertiary/aromatic N) is 1. The number of benzene rings is 1. The number of nitrogens with two attached hydrogens (primary N) is 1. The molecule has 2 aliphatic heterocycles. The van der Waals surface area contributed by atoms with Gasteiger partial charge in [0.25, 0.3) is 0 Å². The molecule has 1 amide bonds. The Hall–Kier alpha value is -1.75. The van der Waals surface area contributed by atoms with Crippen LogP contribution in [0, 0.1) is 0 Å². The molecule has 0 aliphatic carbocycles. The highest BCUT2D eigenvalue weighted by Crippen LogP contribution is 2.38. The van der Waals surface area contributed by atoms with Crippen molar-refractivity contribution in [1.29, 1.82) is 0 Å². The van der Waals surface area contributed by atoms with Crippen LogP contribution in [0.1, 0.15) is 37.3 Å². The van der Waals surface area contributed by atoms with E-state index >= 15 is 0 Å². The van der Waals surface area contributed by atoms with Crippen LogP contribution in [0.2, 0.25) is 0 Å². The average molecular weight is 290 g/mol. The Morgan fingerprint density at radius 1 is 1.29 bits per heavy atom. The maximum absolute atomic E-state index is 12.3. The SMILES string of the molecule is NCCCC(=O)N1CCCC1c1ccc2c(c1)OCCO2. The molecular formula is C16H22N2O3. The van der Waals surface area contributed by atoms with E-state index in [9.17, 15) is 4.79 Å². The van der Waals surface area contributed by atoms with Crippen molar-refractivity contribution in [3.8, 4) is 11.5 Å². The quantitative estimate of drug-likeness (QED) is 0.919. The van der Waals surface area contributed by atoms with Crippen molar-refractivity contribution in [2.45, 2.75) is 31.7 Å². The fraction of sp³-hybridized carbons (Fsp3) is 0.562.